The normalized spacial score (nSPS) is 17.5. The van der Waals surface area contributed by atoms with Gasteiger partial charge in [-0.25, -0.2) is 0 Å². The van der Waals surface area contributed by atoms with E-state index in [0.717, 1.165) is 24.8 Å². The van der Waals surface area contributed by atoms with Crippen LogP contribution in [0.5, 0.6) is 5.75 Å². The third kappa shape index (κ3) is 4.39. The molecule has 1 saturated carbocycles. The van der Waals surface area contributed by atoms with Gasteiger partial charge in [0.25, 0.3) is 0 Å². The molecule has 1 unspecified atom stereocenters. The summed E-state index contributed by atoms with van der Waals surface area (Å²) in [5.74, 6) is 1.94. The summed E-state index contributed by atoms with van der Waals surface area (Å²) in [5.41, 5.74) is 0. The van der Waals surface area contributed by atoms with E-state index in [1.54, 1.807) is 0 Å². The lowest BCUT2D eigenvalue weighted by Crippen LogP contribution is -2.33. The van der Waals surface area contributed by atoms with Crippen molar-refractivity contribution in [1.29, 1.82) is 0 Å². The molecule has 0 bridgehead atoms. The summed E-state index contributed by atoms with van der Waals surface area (Å²) in [6, 6.07) is 10.6. The van der Waals surface area contributed by atoms with Crippen LogP contribution in [0.25, 0.3) is 0 Å². The van der Waals surface area contributed by atoms with Crippen LogP contribution in [0.3, 0.4) is 0 Å². The van der Waals surface area contributed by atoms with Gasteiger partial charge in [0.2, 0.25) is 0 Å². The molecule has 1 aromatic carbocycles. The van der Waals surface area contributed by atoms with Gasteiger partial charge in [-0.2, -0.15) is 0 Å². The molecule has 0 aromatic heterocycles. The largest absolute Gasteiger partial charge is 0.492 e. The van der Waals surface area contributed by atoms with Crippen molar-refractivity contribution in [3.8, 4) is 5.75 Å². The van der Waals surface area contributed by atoms with Crippen LogP contribution in [0.4, 0.5) is 0 Å². The van der Waals surface area contributed by atoms with Crippen molar-refractivity contribution < 1.29 is 4.74 Å². The molecular weight excluding hydrogens is 210 g/mol. The van der Waals surface area contributed by atoms with Crippen molar-refractivity contribution in [1.82, 2.24) is 5.32 Å². The van der Waals surface area contributed by atoms with Crippen LogP contribution < -0.4 is 10.1 Å². The number of hydrogen-bond donors (Lipinski definition) is 1. The van der Waals surface area contributed by atoms with Gasteiger partial charge >= 0.3 is 0 Å². The van der Waals surface area contributed by atoms with Crippen molar-refractivity contribution >= 4 is 0 Å². The molecule has 2 rings (SSSR count). The van der Waals surface area contributed by atoms with Crippen molar-refractivity contribution in [3.63, 3.8) is 0 Å². The van der Waals surface area contributed by atoms with Gasteiger partial charge in [0.1, 0.15) is 12.4 Å². The van der Waals surface area contributed by atoms with Gasteiger partial charge in [0.15, 0.2) is 0 Å². The Morgan fingerprint density at radius 2 is 2.06 bits per heavy atom. The van der Waals surface area contributed by atoms with Crippen LogP contribution in [-0.4, -0.2) is 19.2 Å². The van der Waals surface area contributed by atoms with Gasteiger partial charge in [-0.15, -0.1) is 0 Å². The number of rotatable bonds is 7. The van der Waals surface area contributed by atoms with Gasteiger partial charge < -0.3 is 10.1 Å². The quantitative estimate of drug-likeness (QED) is 0.730. The minimum absolute atomic E-state index is 0.625. The lowest BCUT2D eigenvalue weighted by Gasteiger charge is -2.28. The maximum absolute atomic E-state index is 5.64. The Labute approximate surface area is 104 Å². The van der Waals surface area contributed by atoms with E-state index >= 15 is 0 Å². The van der Waals surface area contributed by atoms with E-state index in [1.165, 1.54) is 25.7 Å². The Balaban J connectivity index is 1.53. The molecule has 94 valence electrons. The molecule has 0 spiro atoms. The van der Waals surface area contributed by atoms with Crippen molar-refractivity contribution in [2.75, 3.05) is 13.2 Å². The smallest absolute Gasteiger partial charge is 0.119 e. The second-order valence-electron chi connectivity index (χ2n) is 5.05. The maximum Gasteiger partial charge on any atom is 0.119 e. The fourth-order valence-electron chi connectivity index (χ4n) is 2.30. The van der Waals surface area contributed by atoms with Crippen LogP contribution in [-0.2, 0) is 0 Å². The van der Waals surface area contributed by atoms with E-state index in [9.17, 15) is 0 Å². The van der Waals surface area contributed by atoms with E-state index in [-0.39, 0.29) is 0 Å². The monoisotopic (exact) mass is 233 g/mol. The van der Waals surface area contributed by atoms with Crippen molar-refractivity contribution in [2.45, 2.75) is 38.6 Å². The molecule has 0 aliphatic heterocycles. The highest BCUT2D eigenvalue weighted by atomic mass is 16.5. The molecule has 1 aromatic rings. The molecule has 0 radical (unpaired) electrons. The maximum atomic E-state index is 5.64. The predicted molar refractivity (Wildman–Crippen MR) is 71.4 cm³/mol. The van der Waals surface area contributed by atoms with E-state index in [4.69, 9.17) is 4.74 Å². The minimum atomic E-state index is 0.625. The van der Waals surface area contributed by atoms with E-state index < -0.39 is 0 Å². The average molecular weight is 233 g/mol. The first-order valence-electron chi connectivity index (χ1n) is 6.76. The highest BCUT2D eigenvalue weighted by Gasteiger charge is 2.19. The first kappa shape index (κ1) is 12.4. The van der Waals surface area contributed by atoms with Crippen molar-refractivity contribution in [3.05, 3.63) is 30.3 Å². The molecular formula is C15H23NO. The lowest BCUT2D eigenvalue weighted by atomic mass is 9.81. The van der Waals surface area contributed by atoms with Crippen LogP contribution in [0.1, 0.15) is 32.6 Å². The number of benzene rings is 1. The summed E-state index contributed by atoms with van der Waals surface area (Å²) in [7, 11) is 0. The Bertz CT molecular complexity index is 308. The highest BCUT2D eigenvalue weighted by Crippen LogP contribution is 2.30. The van der Waals surface area contributed by atoms with Crippen LogP contribution in [0.15, 0.2) is 30.3 Å². The van der Waals surface area contributed by atoms with Crippen molar-refractivity contribution in [2.24, 2.45) is 5.92 Å². The highest BCUT2D eigenvalue weighted by molar-refractivity contribution is 5.20. The molecule has 2 heteroatoms. The third-order valence-electron chi connectivity index (χ3n) is 3.52. The van der Waals surface area contributed by atoms with Crippen LogP contribution >= 0.6 is 0 Å². The minimum Gasteiger partial charge on any atom is -0.492 e. The molecule has 1 aliphatic rings. The third-order valence-corrected chi connectivity index (χ3v) is 3.52. The number of nitrogens with one attached hydrogen (secondary N) is 1. The summed E-state index contributed by atoms with van der Waals surface area (Å²) in [5, 5.41) is 3.53. The molecule has 17 heavy (non-hydrogen) atoms. The summed E-state index contributed by atoms with van der Waals surface area (Å²) in [4.78, 5) is 0. The van der Waals surface area contributed by atoms with Crippen LogP contribution in [0.2, 0.25) is 0 Å². The molecule has 1 aliphatic carbocycles. The summed E-state index contributed by atoms with van der Waals surface area (Å²) in [6.07, 6.45) is 5.64. The summed E-state index contributed by atoms with van der Waals surface area (Å²) in [6.45, 7) is 3.96. The molecule has 0 amide bonds. The predicted octanol–water partition coefficient (Wildman–Crippen LogP) is 3.23. The molecule has 1 N–H and O–H groups in total. The zero-order chi connectivity index (χ0) is 11.9. The van der Waals surface area contributed by atoms with Gasteiger partial charge in [0.05, 0.1) is 0 Å². The second kappa shape index (κ2) is 6.65. The lowest BCUT2D eigenvalue weighted by molar-refractivity contribution is 0.254. The summed E-state index contributed by atoms with van der Waals surface area (Å²) >= 11 is 0. The van der Waals surface area contributed by atoms with Gasteiger partial charge in [0, 0.05) is 12.6 Å². The Kier molecular flexibility index (Phi) is 4.87. The van der Waals surface area contributed by atoms with Gasteiger partial charge in [-0.3, -0.25) is 0 Å². The van der Waals surface area contributed by atoms with E-state index in [1.807, 2.05) is 30.3 Å². The van der Waals surface area contributed by atoms with E-state index in [2.05, 4.69) is 12.2 Å². The number of hydrogen-bond acceptors (Lipinski definition) is 2. The first-order valence-corrected chi connectivity index (χ1v) is 6.76. The Morgan fingerprint density at radius 3 is 2.71 bits per heavy atom. The summed E-state index contributed by atoms with van der Waals surface area (Å²) < 4.78 is 5.64. The molecule has 0 heterocycles. The average Bonchev–Trinajstić information content (AvgIpc) is 2.31. The van der Waals surface area contributed by atoms with Crippen LogP contribution in [0, 0.1) is 5.92 Å². The fraction of sp³-hybridized carbons (Fsp3) is 0.600. The second-order valence-corrected chi connectivity index (χ2v) is 5.05. The Morgan fingerprint density at radius 1 is 1.29 bits per heavy atom. The first-order chi connectivity index (χ1) is 8.34. The number of ether oxygens (including phenoxy) is 1. The molecule has 1 atom stereocenters. The zero-order valence-electron chi connectivity index (χ0n) is 10.7. The standard InChI is InChI=1S/C15H23NO/c1-13(12-14-6-5-7-14)16-10-11-17-15-8-3-2-4-9-15/h2-4,8-9,13-14,16H,5-7,10-12H2,1H3. The zero-order valence-corrected chi connectivity index (χ0v) is 10.7. The molecule has 2 nitrogen and oxygen atoms in total. The molecule has 1 fully saturated rings. The van der Waals surface area contributed by atoms with Gasteiger partial charge in [-0.1, -0.05) is 37.5 Å². The van der Waals surface area contributed by atoms with Gasteiger partial charge in [-0.05, 0) is 31.4 Å². The Hall–Kier alpha value is -1.02. The number of para-hydroxylation sites is 1. The van der Waals surface area contributed by atoms with E-state index in [0.29, 0.717) is 6.04 Å². The SMILES string of the molecule is CC(CC1CCC1)NCCOc1ccccc1. The molecule has 0 saturated heterocycles. The topological polar surface area (TPSA) is 21.3 Å². The fourth-order valence-corrected chi connectivity index (χ4v) is 2.30.